The Morgan fingerprint density at radius 2 is 1.79 bits per heavy atom. The molecule has 0 aliphatic heterocycles. The molecule has 0 fully saturated rings. The highest BCUT2D eigenvalue weighted by Gasteiger charge is 1.93. The summed E-state index contributed by atoms with van der Waals surface area (Å²) in [6.07, 6.45) is 9.70. The van der Waals surface area contributed by atoms with Crippen LogP contribution in [0.1, 0.15) is 58.4 Å². The molecule has 1 heterocycles. The average molecular weight is 212 g/mol. The Morgan fingerprint density at radius 1 is 1.07 bits per heavy atom. The second-order valence-corrected chi connectivity index (χ2v) is 4.43. The Kier molecular flexibility index (Phi) is 9.06. The van der Waals surface area contributed by atoms with E-state index in [1.165, 1.54) is 50.5 Å². The van der Waals surface area contributed by atoms with Crippen LogP contribution in [0.3, 0.4) is 0 Å². The van der Waals surface area contributed by atoms with Crippen molar-refractivity contribution in [1.82, 2.24) is 0 Å². The van der Waals surface area contributed by atoms with Gasteiger partial charge in [0.1, 0.15) is 0 Å². The summed E-state index contributed by atoms with van der Waals surface area (Å²) < 4.78 is 0. The number of rotatable bonds is 7. The van der Waals surface area contributed by atoms with Gasteiger partial charge in [-0.15, -0.1) is 0 Å². The van der Waals surface area contributed by atoms with Crippen molar-refractivity contribution in [1.29, 1.82) is 0 Å². The lowest BCUT2D eigenvalue weighted by molar-refractivity contribution is 0.608. The van der Waals surface area contributed by atoms with Crippen LogP contribution in [-0.4, -0.2) is 0 Å². The summed E-state index contributed by atoms with van der Waals surface area (Å²) in [7, 11) is 0. The fraction of sp³-hybridized carbons (Fsp3) is 0.692. The van der Waals surface area contributed by atoms with Gasteiger partial charge in [-0.1, -0.05) is 46.5 Å². The molecule has 0 aliphatic carbocycles. The Balaban J connectivity index is 0.00000169. The predicted octanol–water partition coefficient (Wildman–Crippen LogP) is 5.29. The third kappa shape index (κ3) is 6.20. The van der Waals surface area contributed by atoms with Gasteiger partial charge < -0.3 is 0 Å². The molecule has 1 rings (SSSR count). The zero-order valence-electron chi connectivity index (χ0n) is 8.59. The maximum absolute atomic E-state index is 2.27. The van der Waals surface area contributed by atoms with Crippen molar-refractivity contribution in [3.8, 4) is 0 Å². The van der Waals surface area contributed by atoms with Crippen LogP contribution in [0.15, 0.2) is 16.8 Å². The van der Waals surface area contributed by atoms with Crippen molar-refractivity contribution < 1.29 is 0 Å². The number of hydrogen-bond donors (Lipinski definition) is 0. The number of hydrogen-bond acceptors (Lipinski definition) is 1. The van der Waals surface area contributed by atoms with Crippen molar-refractivity contribution in [3.63, 3.8) is 0 Å². The summed E-state index contributed by atoms with van der Waals surface area (Å²) in [5, 5.41) is 4.44. The molecule has 1 heteroatoms. The van der Waals surface area contributed by atoms with Gasteiger partial charge in [-0.25, -0.2) is 0 Å². The van der Waals surface area contributed by atoms with Crippen LogP contribution >= 0.6 is 11.3 Å². The number of thiophene rings is 1. The second-order valence-electron chi connectivity index (χ2n) is 3.65. The standard InChI is InChI=1S/C12H20S.CH4/c1-2-3-4-5-6-7-8-12-9-10-13-11-12;/h9-11H,2-8H2,1H3;1H4. The van der Waals surface area contributed by atoms with E-state index in [4.69, 9.17) is 0 Å². The molecule has 0 radical (unpaired) electrons. The monoisotopic (exact) mass is 212 g/mol. The molecule has 1 aromatic rings. The molecular formula is C13H24S. The highest BCUT2D eigenvalue weighted by molar-refractivity contribution is 7.07. The first-order chi connectivity index (χ1) is 6.43. The Bertz CT molecular complexity index is 189. The quantitative estimate of drug-likeness (QED) is 0.539. The highest BCUT2D eigenvalue weighted by Crippen LogP contribution is 2.12. The van der Waals surface area contributed by atoms with E-state index in [0.29, 0.717) is 0 Å². The Labute approximate surface area is 93.4 Å². The van der Waals surface area contributed by atoms with Crippen molar-refractivity contribution in [2.75, 3.05) is 0 Å². The van der Waals surface area contributed by atoms with Gasteiger partial charge in [0.2, 0.25) is 0 Å². The van der Waals surface area contributed by atoms with Crippen LogP contribution in [0.4, 0.5) is 0 Å². The Morgan fingerprint density at radius 3 is 2.43 bits per heavy atom. The molecular weight excluding hydrogens is 188 g/mol. The normalized spacial score (nSPS) is 9.79. The van der Waals surface area contributed by atoms with Gasteiger partial charge in [0.25, 0.3) is 0 Å². The van der Waals surface area contributed by atoms with E-state index in [2.05, 4.69) is 23.8 Å². The fourth-order valence-corrected chi connectivity index (χ4v) is 2.25. The maximum atomic E-state index is 2.27. The van der Waals surface area contributed by atoms with Gasteiger partial charge in [-0.05, 0) is 35.2 Å². The molecule has 0 bridgehead atoms. The summed E-state index contributed by atoms with van der Waals surface area (Å²) in [4.78, 5) is 0. The van der Waals surface area contributed by atoms with Crippen LogP contribution in [0.25, 0.3) is 0 Å². The summed E-state index contributed by atoms with van der Waals surface area (Å²) in [5.74, 6) is 0. The van der Waals surface area contributed by atoms with E-state index >= 15 is 0 Å². The highest BCUT2D eigenvalue weighted by atomic mass is 32.1. The molecule has 0 nitrogen and oxygen atoms in total. The van der Waals surface area contributed by atoms with Crippen molar-refractivity contribution in [2.24, 2.45) is 0 Å². The predicted molar refractivity (Wildman–Crippen MR) is 68.1 cm³/mol. The lowest BCUT2D eigenvalue weighted by Crippen LogP contribution is -1.83. The minimum Gasteiger partial charge on any atom is -0.152 e. The summed E-state index contributed by atoms with van der Waals surface area (Å²) in [6.45, 7) is 2.27. The first-order valence-electron chi connectivity index (χ1n) is 5.44. The van der Waals surface area contributed by atoms with E-state index in [1.54, 1.807) is 0 Å². The molecule has 0 spiro atoms. The van der Waals surface area contributed by atoms with Crippen molar-refractivity contribution in [3.05, 3.63) is 22.4 Å². The molecule has 14 heavy (non-hydrogen) atoms. The first kappa shape index (κ1) is 13.7. The average Bonchev–Trinajstić information content (AvgIpc) is 2.63. The van der Waals surface area contributed by atoms with E-state index in [-0.39, 0.29) is 7.43 Å². The molecule has 0 unspecified atom stereocenters. The fourth-order valence-electron chi connectivity index (χ4n) is 1.54. The van der Waals surface area contributed by atoms with Gasteiger partial charge >= 0.3 is 0 Å². The summed E-state index contributed by atoms with van der Waals surface area (Å²) >= 11 is 1.81. The topological polar surface area (TPSA) is 0 Å². The van der Waals surface area contributed by atoms with E-state index < -0.39 is 0 Å². The summed E-state index contributed by atoms with van der Waals surface area (Å²) in [5.41, 5.74) is 1.53. The largest absolute Gasteiger partial charge is 0.152 e. The van der Waals surface area contributed by atoms with Crippen molar-refractivity contribution in [2.45, 2.75) is 59.3 Å². The van der Waals surface area contributed by atoms with Crippen LogP contribution in [0, 0.1) is 0 Å². The minimum atomic E-state index is 0. The zero-order valence-corrected chi connectivity index (χ0v) is 9.41. The lowest BCUT2D eigenvalue weighted by atomic mass is 10.1. The third-order valence-corrected chi connectivity index (χ3v) is 3.13. The minimum absolute atomic E-state index is 0. The molecule has 0 saturated heterocycles. The van der Waals surface area contributed by atoms with Crippen molar-refractivity contribution >= 4 is 11.3 Å². The molecule has 0 saturated carbocycles. The van der Waals surface area contributed by atoms with Crippen LogP contribution in [0.5, 0.6) is 0 Å². The Hall–Kier alpha value is -0.300. The molecule has 0 N–H and O–H groups in total. The lowest BCUT2D eigenvalue weighted by Gasteiger charge is -1.99. The first-order valence-corrected chi connectivity index (χ1v) is 6.39. The smallest absolute Gasteiger partial charge is 0.00613 e. The maximum Gasteiger partial charge on any atom is -0.00613 e. The van der Waals surface area contributed by atoms with Gasteiger partial charge in [0.05, 0.1) is 0 Å². The van der Waals surface area contributed by atoms with E-state index in [9.17, 15) is 0 Å². The molecule has 0 amide bonds. The van der Waals surface area contributed by atoms with E-state index in [1.807, 2.05) is 11.3 Å². The number of aryl methyl sites for hydroxylation is 1. The number of unbranched alkanes of at least 4 members (excludes halogenated alkanes) is 5. The van der Waals surface area contributed by atoms with Gasteiger partial charge in [-0.3, -0.25) is 0 Å². The third-order valence-electron chi connectivity index (χ3n) is 2.40. The molecule has 1 aromatic heterocycles. The van der Waals surface area contributed by atoms with Gasteiger partial charge in [0.15, 0.2) is 0 Å². The summed E-state index contributed by atoms with van der Waals surface area (Å²) in [6, 6.07) is 2.25. The second kappa shape index (κ2) is 9.26. The molecule has 0 atom stereocenters. The van der Waals surface area contributed by atoms with Crippen LogP contribution in [-0.2, 0) is 6.42 Å². The molecule has 0 aromatic carbocycles. The van der Waals surface area contributed by atoms with E-state index in [0.717, 1.165) is 0 Å². The SMILES string of the molecule is C.CCCCCCCCc1ccsc1. The van der Waals surface area contributed by atoms with Gasteiger partial charge in [0, 0.05) is 0 Å². The molecule has 0 aliphatic rings. The van der Waals surface area contributed by atoms with Crippen LogP contribution < -0.4 is 0 Å². The van der Waals surface area contributed by atoms with Gasteiger partial charge in [-0.2, -0.15) is 11.3 Å². The molecule has 82 valence electrons. The zero-order chi connectivity index (χ0) is 9.36. The van der Waals surface area contributed by atoms with Crippen LogP contribution in [0.2, 0.25) is 0 Å².